The second-order valence-corrected chi connectivity index (χ2v) is 6.82. The third-order valence-corrected chi connectivity index (χ3v) is 4.84. The smallest absolute Gasteiger partial charge is 0.270 e. The van der Waals surface area contributed by atoms with Gasteiger partial charge < -0.3 is 0 Å². The van der Waals surface area contributed by atoms with E-state index in [4.69, 9.17) is 4.84 Å². The third kappa shape index (κ3) is 3.11. The molecule has 1 amide bonds. The number of hydrogen-bond acceptors (Lipinski definition) is 3. The molecule has 2 heterocycles. The van der Waals surface area contributed by atoms with Crippen molar-refractivity contribution < 1.29 is 9.63 Å². The zero-order valence-corrected chi connectivity index (χ0v) is 14.6. The van der Waals surface area contributed by atoms with E-state index in [-0.39, 0.29) is 18.1 Å². The first-order chi connectivity index (χ1) is 12.1. The normalized spacial score (nSPS) is 25.0. The van der Waals surface area contributed by atoms with Gasteiger partial charge in [-0.3, -0.25) is 14.5 Å². The van der Waals surface area contributed by atoms with Crippen molar-refractivity contribution in [3.63, 3.8) is 0 Å². The monoisotopic (exact) mass is 334 g/mol. The summed E-state index contributed by atoms with van der Waals surface area (Å²) in [7, 11) is 0. The van der Waals surface area contributed by atoms with Gasteiger partial charge in [0.05, 0.1) is 6.04 Å². The summed E-state index contributed by atoms with van der Waals surface area (Å²) in [6.45, 7) is 5.36. The highest BCUT2D eigenvalue weighted by Gasteiger charge is 2.39. The molecular formula is C21H22N2O2. The molecule has 3 atom stereocenters. The number of fused-ring (bicyclic) bond motifs is 2. The molecule has 0 spiro atoms. The zero-order chi connectivity index (χ0) is 17.4. The number of amides is 1. The first-order valence-corrected chi connectivity index (χ1v) is 8.64. The van der Waals surface area contributed by atoms with Crippen LogP contribution in [0.25, 0.3) is 0 Å². The maximum atomic E-state index is 12.8. The molecule has 2 aromatic carbocycles. The van der Waals surface area contributed by atoms with Crippen molar-refractivity contribution in [2.24, 2.45) is 0 Å². The second-order valence-electron chi connectivity index (χ2n) is 6.82. The largest absolute Gasteiger partial charge is 0.278 e. The zero-order valence-electron chi connectivity index (χ0n) is 14.6. The topological polar surface area (TPSA) is 32.8 Å². The molecule has 0 saturated carbocycles. The number of carbonyl (C=O) groups excluding carboxylic acids is 1. The standard InChI is InChI=1S/C21H22N2O2/c1-15-8-10-17(11-9-15)20-19-7-4-12-22(20)14-23(25-19)21(24)18-6-3-5-16(2)13-18/h3-11,13,19-20H,12,14H2,1-2H3. The van der Waals surface area contributed by atoms with E-state index in [9.17, 15) is 4.79 Å². The van der Waals surface area contributed by atoms with Crippen LogP contribution in [0, 0.1) is 13.8 Å². The highest BCUT2D eigenvalue weighted by molar-refractivity contribution is 5.93. The number of rotatable bonds is 2. The van der Waals surface area contributed by atoms with Crippen molar-refractivity contribution in [2.75, 3.05) is 13.2 Å². The van der Waals surface area contributed by atoms with E-state index in [1.807, 2.05) is 31.2 Å². The van der Waals surface area contributed by atoms with Gasteiger partial charge in [0.1, 0.15) is 12.8 Å². The fourth-order valence-corrected chi connectivity index (χ4v) is 3.54. The van der Waals surface area contributed by atoms with Gasteiger partial charge in [0.25, 0.3) is 5.91 Å². The number of hydrogen-bond donors (Lipinski definition) is 0. The van der Waals surface area contributed by atoms with Crippen LogP contribution in [0.1, 0.15) is 33.1 Å². The van der Waals surface area contributed by atoms with Crippen LogP contribution in [0.3, 0.4) is 0 Å². The van der Waals surface area contributed by atoms with E-state index in [0.29, 0.717) is 12.2 Å². The second kappa shape index (κ2) is 6.47. The van der Waals surface area contributed by atoms with Crippen LogP contribution < -0.4 is 0 Å². The van der Waals surface area contributed by atoms with Gasteiger partial charge in [-0.05, 0) is 31.5 Å². The molecule has 0 radical (unpaired) electrons. The fourth-order valence-electron chi connectivity index (χ4n) is 3.54. The molecule has 4 heteroatoms. The molecule has 128 valence electrons. The predicted molar refractivity (Wildman–Crippen MR) is 96.9 cm³/mol. The summed E-state index contributed by atoms with van der Waals surface area (Å²) in [4.78, 5) is 21.2. The van der Waals surface area contributed by atoms with E-state index in [1.165, 1.54) is 16.2 Å². The fraction of sp³-hybridized carbons (Fsp3) is 0.286. The lowest BCUT2D eigenvalue weighted by Gasteiger charge is -2.46. The molecule has 3 unspecified atom stereocenters. The van der Waals surface area contributed by atoms with Gasteiger partial charge in [-0.25, -0.2) is 5.06 Å². The number of carbonyl (C=O) groups is 1. The summed E-state index contributed by atoms with van der Waals surface area (Å²) in [6, 6.07) is 16.3. The summed E-state index contributed by atoms with van der Waals surface area (Å²) >= 11 is 0. The first-order valence-electron chi connectivity index (χ1n) is 8.64. The van der Waals surface area contributed by atoms with Crippen molar-refractivity contribution in [1.29, 1.82) is 0 Å². The molecule has 4 rings (SSSR count). The highest BCUT2D eigenvalue weighted by Crippen LogP contribution is 2.35. The number of aryl methyl sites for hydroxylation is 2. The van der Waals surface area contributed by atoms with Crippen LogP contribution in [-0.2, 0) is 4.84 Å². The Bertz CT molecular complexity index is 813. The SMILES string of the molecule is Cc1ccc(C2C3C=CCN2CN(C(=O)c2cccc(C)c2)O3)cc1. The molecule has 4 nitrogen and oxygen atoms in total. The maximum absolute atomic E-state index is 12.8. The molecule has 2 aromatic rings. The Hall–Kier alpha value is -2.43. The Morgan fingerprint density at radius 1 is 1.08 bits per heavy atom. The highest BCUT2D eigenvalue weighted by atomic mass is 16.7. The molecule has 0 aromatic heterocycles. The van der Waals surface area contributed by atoms with Crippen molar-refractivity contribution in [3.8, 4) is 0 Å². The Morgan fingerprint density at radius 3 is 2.60 bits per heavy atom. The van der Waals surface area contributed by atoms with Gasteiger partial charge in [0, 0.05) is 12.1 Å². The summed E-state index contributed by atoms with van der Waals surface area (Å²) in [6.07, 6.45) is 4.03. The number of hydroxylamine groups is 2. The summed E-state index contributed by atoms with van der Waals surface area (Å²) < 4.78 is 0. The lowest BCUT2D eigenvalue weighted by molar-refractivity contribution is -0.232. The Kier molecular flexibility index (Phi) is 4.15. The van der Waals surface area contributed by atoms with Gasteiger partial charge in [0.2, 0.25) is 0 Å². The average molecular weight is 334 g/mol. The van der Waals surface area contributed by atoms with E-state index >= 15 is 0 Å². The molecule has 0 aliphatic carbocycles. The minimum atomic E-state index is -0.154. The number of benzene rings is 2. The lowest BCUT2D eigenvalue weighted by atomic mass is 9.95. The third-order valence-electron chi connectivity index (χ3n) is 4.84. The minimum Gasteiger partial charge on any atom is -0.270 e. The Morgan fingerprint density at radius 2 is 1.88 bits per heavy atom. The maximum Gasteiger partial charge on any atom is 0.278 e. The summed E-state index contributed by atoms with van der Waals surface area (Å²) in [5.74, 6) is -0.0867. The van der Waals surface area contributed by atoms with E-state index in [2.05, 4.69) is 48.2 Å². The first kappa shape index (κ1) is 16.1. The van der Waals surface area contributed by atoms with Crippen LogP contribution in [0.4, 0.5) is 0 Å². The quantitative estimate of drug-likeness (QED) is 0.786. The van der Waals surface area contributed by atoms with Crippen molar-refractivity contribution in [2.45, 2.75) is 26.0 Å². The molecular weight excluding hydrogens is 312 g/mol. The molecule has 1 fully saturated rings. The van der Waals surface area contributed by atoms with Crippen LogP contribution in [0.2, 0.25) is 0 Å². The minimum absolute atomic E-state index is 0.0867. The summed E-state index contributed by atoms with van der Waals surface area (Å²) in [5, 5.41) is 1.49. The average Bonchev–Trinajstić information content (AvgIpc) is 2.61. The van der Waals surface area contributed by atoms with Crippen LogP contribution in [0.15, 0.2) is 60.7 Å². The van der Waals surface area contributed by atoms with Gasteiger partial charge >= 0.3 is 0 Å². The summed E-state index contributed by atoms with van der Waals surface area (Å²) in [5.41, 5.74) is 4.20. The Balaban J connectivity index is 1.58. The van der Waals surface area contributed by atoms with E-state index < -0.39 is 0 Å². The van der Waals surface area contributed by atoms with Crippen molar-refractivity contribution in [3.05, 3.63) is 82.9 Å². The van der Waals surface area contributed by atoms with Crippen LogP contribution in [0.5, 0.6) is 0 Å². The van der Waals surface area contributed by atoms with Gasteiger partial charge in [-0.2, -0.15) is 0 Å². The molecule has 2 aliphatic heterocycles. The number of nitrogens with zero attached hydrogens (tertiary/aromatic N) is 2. The van der Waals surface area contributed by atoms with Gasteiger partial charge in [-0.1, -0.05) is 59.7 Å². The van der Waals surface area contributed by atoms with E-state index in [0.717, 1.165) is 12.1 Å². The predicted octanol–water partition coefficient (Wildman–Crippen LogP) is 3.63. The lowest BCUT2D eigenvalue weighted by Crippen LogP contribution is -2.55. The molecule has 0 N–H and O–H groups in total. The van der Waals surface area contributed by atoms with Crippen molar-refractivity contribution >= 4 is 5.91 Å². The van der Waals surface area contributed by atoms with Gasteiger partial charge in [-0.15, -0.1) is 0 Å². The molecule has 2 bridgehead atoms. The van der Waals surface area contributed by atoms with Crippen LogP contribution in [-0.4, -0.2) is 35.2 Å². The molecule has 25 heavy (non-hydrogen) atoms. The molecule has 1 saturated heterocycles. The van der Waals surface area contributed by atoms with E-state index in [1.54, 1.807) is 0 Å². The molecule has 2 aliphatic rings. The van der Waals surface area contributed by atoms with Crippen molar-refractivity contribution in [1.82, 2.24) is 9.96 Å². The Labute approximate surface area is 148 Å². The van der Waals surface area contributed by atoms with Crippen LogP contribution >= 0.6 is 0 Å². The van der Waals surface area contributed by atoms with Gasteiger partial charge in [0.15, 0.2) is 0 Å².